The van der Waals surface area contributed by atoms with Crippen molar-refractivity contribution in [2.24, 2.45) is 17.3 Å². The van der Waals surface area contributed by atoms with Crippen molar-refractivity contribution in [3.8, 4) is 0 Å². The molecule has 1 fully saturated rings. The zero-order valence-electron chi connectivity index (χ0n) is 15.5. The molecular weight excluding hydrogens is 448 g/mol. The van der Waals surface area contributed by atoms with Gasteiger partial charge in [0.2, 0.25) is 0 Å². The Morgan fingerprint density at radius 1 is 1.07 bits per heavy atom. The molecule has 1 saturated carbocycles. The minimum atomic E-state index is -5.23. The van der Waals surface area contributed by atoms with Crippen molar-refractivity contribution in [3.05, 3.63) is 57.9 Å². The molecule has 0 radical (unpaired) electrons. The fourth-order valence-electron chi connectivity index (χ4n) is 3.12. The molecule has 11 heteroatoms. The van der Waals surface area contributed by atoms with Crippen molar-refractivity contribution < 1.29 is 44.7 Å². The van der Waals surface area contributed by atoms with E-state index in [0.717, 1.165) is 11.6 Å². The minimum Gasteiger partial charge on any atom is -0.460 e. The molecule has 0 N–H and O–H groups in total. The second-order valence-electron chi connectivity index (χ2n) is 7.22. The molecular formula is C19H15ClF8O2. The Labute approximate surface area is 171 Å². The van der Waals surface area contributed by atoms with E-state index in [9.17, 15) is 39.9 Å². The molecule has 1 aliphatic rings. The summed E-state index contributed by atoms with van der Waals surface area (Å²) in [6.07, 6.45) is -4.49. The van der Waals surface area contributed by atoms with Crippen molar-refractivity contribution in [1.82, 2.24) is 0 Å². The van der Waals surface area contributed by atoms with E-state index in [4.69, 9.17) is 11.6 Å². The highest BCUT2D eigenvalue weighted by Gasteiger charge is 2.62. The molecule has 30 heavy (non-hydrogen) atoms. The van der Waals surface area contributed by atoms with Gasteiger partial charge in [-0.25, -0.2) is 22.0 Å². The number of carbonyl (C=O) groups is 1. The van der Waals surface area contributed by atoms with E-state index in [1.54, 1.807) is 0 Å². The van der Waals surface area contributed by atoms with Gasteiger partial charge in [0, 0.05) is 11.1 Å². The number of hydrogen-bond donors (Lipinski definition) is 0. The van der Waals surface area contributed by atoms with Crippen LogP contribution in [0.2, 0.25) is 0 Å². The second-order valence-corrected chi connectivity index (χ2v) is 7.48. The number of alkyl halides is 3. The molecule has 2 rings (SSSR count). The maximum Gasteiger partial charge on any atom is 0.442 e. The normalized spacial score (nSPS) is 21.2. The number of ether oxygens (including phenoxy) is 1. The van der Waals surface area contributed by atoms with Crippen LogP contribution in [-0.4, -0.2) is 12.1 Å². The largest absolute Gasteiger partial charge is 0.460 e. The van der Waals surface area contributed by atoms with Crippen LogP contribution in [0, 0.1) is 40.5 Å². The minimum absolute atomic E-state index is 0.228. The summed E-state index contributed by atoms with van der Waals surface area (Å²) in [7, 11) is 0. The zero-order chi connectivity index (χ0) is 23.0. The van der Waals surface area contributed by atoms with Crippen LogP contribution in [0.3, 0.4) is 0 Å². The van der Waals surface area contributed by atoms with Gasteiger partial charge in [0.25, 0.3) is 0 Å². The van der Waals surface area contributed by atoms with E-state index in [0.29, 0.717) is 0 Å². The summed E-state index contributed by atoms with van der Waals surface area (Å²) in [6.45, 7) is 1.52. The van der Waals surface area contributed by atoms with Gasteiger partial charge < -0.3 is 4.74 Å². The predicted molar refractivity (Wildman–Crippen MR) is 90.8 cm³/mol. The molecule has 166 valence electrons. The average Bonchev–Trinajstić information content (AvgIpc) is 3.19. The summed E-state index contributed by atoms with van der Waals surface area (Å²) in [4.78, 5) is 12.1. The first kappa shape index (κ1) is 24.2. The summed E-state index contributed by atoms with van der Waals surface area (Å²) in [6, 6.07) is 0. The Kier molecular flexibility index (Phi) is 6.90. The number of allylic oxidation sites excluding steroid dienone is 3. The molecule has 0 aromatic heterocycles. The highest BCUT2D eigenvalue weighted by atomic mass is 35.5. The van der Waals surface area contributed by atoms with Gasteiger partial charge in [-0.2, -0.15) is 13.2 Å². The first-order valence-corrected chi connectivity index (χ1v) is 8.88. The van der Waals surface area contributed by atoms with Crippen molar-refractivity contribution in [2.45, 2.75) is 33.1 Å². The highest BCUT2D eigenvalue weighted by Crippen LogP contribution is 2.60. The summed E-state index contributed by atoms with van der Waals surface area (Å²) in [5, 5.41) is 0. The molecule has 1 aliphatic carbocycles. The summed E-state index contributed by atoms with van der Waals surface area (Å²) in [5.41, 5.74) is -2.35. The van der Waals surface area contributed by atoms with Crippen LogP contribution in [-0.2, 0) is 22.6 Å². The van der Waals surface area contributed by atoms with Gasteiger partial charge in [-0.15, -0.1) is 0 Å². The van der Waals surface area contributed by atoms with Crippen molar-refractivity contribution in [3.63, 3.8) is 0 Å². The number of halogens is 9. The summed E-state index contributed by atoms with van der Waals surface area (Å²) in [5.74, 6) is -13.0. The van der Waals surface area contributed by atoms with E-state index >= 15 is 0 Å². The molecule has 0 heterocycles. The molecule has 0 aliphatic heterocycles. The first-order valence-electron chi connectivity index (χ1n) is 8.45. The second kappa shape index (κ2) is 8.56. The Hall–Kier alpha value is -2.10. The van der Waals surface area contributed by atoms with E-state index in [-0.39, 0.29) is 6.08 Å². The van der Waals surface area contributed by atoms with Gasteiger partial charge in [-0.3, -0.25) is 4.79 Å². The van der Waals surface area contributed by atoms with E-state index in [2.05, 4.69) is 4.74 Å². The maximum atomic E-state index is 14.1. The van der Waals surface area contributed by atoms with Crippen LogP contribution in [0.1, 0.15) is 25.0 Å². The van der Waals surface area contributed by atoms with Gasteiger partial charge in [0.15, 0.2) is 29.1 Å². The van der Waals surface area contributed by atoms with E-state index in [1.807, 2.05) is 0 Å². The monoisotopic (exact) mass is 462 g/mol. The van der Waals surface area contributed by atoms with Gasteiger partial charge in [-0.05, 0) is 23.8 Å². The average molecular weight is 463 g/mol. The molecule has 0 saturated heterocycles. The van der Waals surface area contributed by atoms with Gasteiger partial charge >= 0.3 is 12.1 Å². The summed E-state index contributed by atoms with van der Waals surface area (Å²) < 4.78 is 111. The van der Waals surface area contributed by atoms with Gasteiger partial charge in [0.1, 0.15) is 6.61 Å². The molecule has 1 aromatic carbocycles. The lowest BCUT2D eigenvalue weighted by Crippen LogP contribution is -2.15. The zero-order valence-corrected chi connectivity index (χ0v) is 16.3. The fourth-order valence-corrected chi connectivity index (χ4v) is 3.20. The molecule has 0 bridgehead atoms. The Morgan fingerprint density at radius 3 is 2.03 bits per heavy atom. The SMILES string of the molecule is CC1(C)[C@@H](/C=C(\F)C(F)(F)F)[C@@H]1C(=O)OCc1c(F)c(F)c(CC=CCl)c(F)c1F. The van der Waals surface area contributed by atoms with Crippen LogP contribution in [0.25, 0.3) is 0 Å². The lowest BCUT2D eigenvalue weighted by Gasteiger charge is -2.12. The van der Waals surface area contributed by atoms with E-state index in [1.165, 1.54) is 13.8 Å². The van der Waals surface area contributed by atoms with Crippen molar-refractivity contribution >= 4 is 17.6 Å². The van der Waals surface area contributed by atoms with E-state index < -0.39 is 82.6 Å². The Balaban J connectivity index is 2.19. The molecule has 0 spiro atoms. The standard InChI is InChI=1S/C19H15ClF8O2/c1-18(2)10(6-11(21)19(26,27)28)12(18)17(29)30-7-9-15(24)13(22)8(4-3-5-20)14(23)16(9)25/h3,5-6,10,12H,4,7H2,1-2H3/b5-3?,11-6-/t10-,12+/m0/s1. The van der Waals surface area contributed by atoms with Crippen LogP contribution in [0.4, 0.5) is 35.1 Å². The van der Waals surface area contributed by atoms with Crippen LogP contribution < -0.4 is 0 Å². The Morgan fingerprint density at radius 2 is 1.57 bits per heavy atom. The Bertz CT molecular complexity index is 876. The van der Waals surface area contributed by atoms with Gasteiger partial charge in [-0.1, -0.05) is 31.5 Å². The first-order chi connectivity index (χ1) is 13.7. The third-order valence-electron chi connectivity index (χ3n) is 4.98. The number of esters is 1. The number of hydrogen-bond acceptors (Lipinski definition) is 2. The molecule has 2 nitrogen and oxygen atoms in total. The molecule has 0 amide bonds. The predicted octanol–water partition coefficient (Wildman–Crippen LogP) is 6.27. The summed E-state index contributed by atoms with van der Waals surface area (Å²) >= 11 is 5.22. The molecule has 1 aromatic rings. The highest BCUT2D eigenvalue weighted by molar-refractivity contribution is 6.25. The van der Waals surface area contributed by atoms with Crippen molar-refractivity contribution in [1.29, 1.82) is 0 Å². The topological polar surface area (TPSA) is 26.3 Å². The number of rotatable bonds is 6. The van der Waals surface area contributed by atoms with Crippen LogP contribution in [0.5, 0.6) is 0 Å². The van der Waals surface area contributed by atoms with Crippen molar-refractivity contribution in [2.75, 3.05) is 0 Å². The quantitative estimate of drug-likeness (QED) is 0.283. The smallest absolute Gasteiger partial charge is 0.442 e. The van der Waals surface area contributed by atoms with Crippen LogP contribution >= 0.6 is 11.6 Å². The lowest BCUT2D eigenvalue weighted by atomic mass is 10.1. The van der Waals surface area contributed by atoms with Crippen LogP contribution in [0.15, 0.2) is 23.5 Å². The third kappa shape index (κ3) is 4.63. The maximum absolute atomic E-state index is 14.1. The lowest BCUT2D eigenvalue weighted by molar-refractivity contribution is -0.147. The number of carbonyl (C=O) groups excluding carboxylic acids is 1. The van der Waals surface area contributed by atoms with Gasteiger partial charge in [0.05, 0.1) is 11.5 Å². The molecule has 2 atom stereocenters. The third-order valence-corrected chi connectivity index (χ3v) is 5.15. The number of benzene rings is 1. The fraction of sp³-hybridized carbons (Fsp3) is 0.421. The molecule has 0 unspecified atom stereocenters.